The number of nitrogens with zero attached hydrogens (tertiary/aromatic N) is 4. The summed E-state index contributed by atoms with van der Waals surface area (Å²) in [4.78, 5) is 15.2. The van der Waals surface area contributed by atoms with Crippen LogP contribution < -0.4 is 5.32 Å². The Labute approximate surface area is 183 Å². The summed E-state index contributed by atoms with van der Waals surface area (Å²) in [6.07, 6.45) is 8.45. The number of nitrogens with one attached hydrogen (secondary N) is 1. The number of benzene rings is 1. The number of carbonyl (C=O) groups is 1. The first-order chi connectivity index (χ1) is 14.7. The number of hydrogen-bond donors (Lipinski definition) is 1. The predicted molar refractivity (Wildman–Crippen MR) is 120 cm³/mol. The minimum atomic E-state index is -0.190. The quantitative estimate of drug-likeness (QED) is 0.649. The summed E-state index contributed by atoms with van der Waals surface area (Å²) in [7, 11) is 0. The van der Waals surface area contributed by atoms with Crippen LogP contribution in [0.5, 0.6) is 0 Å². The molecule has 7 heteroatoms. The van der Waals surface area contributed by atoms with E-state index in [-0.39, 0.29) is 11.2 Å². The number of hydrogen-bond acceptors (Lipinski definition) is 5. The lowest BCUT2D eigenvalue weighted by atomic mass is 9.95. The van der Waals surface area contributed by atoms with E-state index in [0.717, 1.165) is 50.0 Å². The first-order valence-electron chi connectivity index (χ1n) is 11.3. The van der Waals surface area contributed by atoms with Gasteiger partial charge in [0.2, 0.25) is 5.91 Å². The van der Waals surface area contributed by atoms with Gasteiger partial charge >= 0.3 is 0 Å². The molecule has 4 rings (SSSR count). The molecule has 1 aromatic carbocycles. The van der Waals surface area contributed by atoms with Crippen LogP contribution in [0.2, 0.25) is 0 Å². The topological polar surface area (TPSA) is 63.1 Å². The van der Waals surface area contributed by atoms with E-state index < -0.39 is 0 Å². The van der Waals surface area contributed by atoms with Crippen LogP contribution in [0.15, 0.2) is 35.5 Å². The van der Waals surface area contributed by atoms with Crippen LogP contribution in [-0.4, -0.2) is 50.0 Å². The number of rotatable bonds is 8. The van der Waals surface area contributed by atoms with Gasteiger partial charge in [-0.15, -0.1) is 10.2 Å². The summed E-state index contributed by atoms with van der Waals surface area (Å²) < 4.78 is 2.20. The van der Waals surface area contributed by atoms with Gasteiger partial charge in [-0.05, 0) is 51.3 Å². The van der Waals surface area contributed by atoms with E-state index in [9.17, 15) is 4.79 Å². The fourth-order valence-electron chi connectivity index (χ4n) is 4.37. The summed E-state index contributed by atoms with van der Waals surface area (Å²) >= 11 is 1.52. The van der Waals surface area contributed by atoms with E-state index in [4.69, 9.17) is 0 Å². The van der Waals surface area contributed by atoms with Crippen molar-refractivity contribution in [3.63, 3.8) is 0 Å². The fraction of sp³-hybridized carbons (Fsp3) is 0.609. The molecule has 1 aliphatic carbocycles. The van der Waals surface area contributed by atoms with Gasteiger partial charge in [-0.3, -0.25) is 9.69 Å². The maximum atomic E-state index is 12.8. The van der Waals surface area contributed by atoms with Gasteiger partial charge in [-0.2, -0.15) is 0 Å². The number of likely N-dealkylation sites (tertiary alicyclic amines) is 1. The summed E-state index contributed by atoms with van der Waals surface area (Å²) in [5, 5.41) is 12.9. The zero-order valence-corrected chi connectivity index (χ0v) is 18.7. The molecule has 1 atom stereocenters. The van der Waals surface area contributed by atoms with Crippen LogP contribution in [-0.2, 0) is 17.9 Å². The molecule has 30 heavy (non-hydrogen) atoms. The zero-order chi connectivity index (χ0) is 20.8. The molecule has 1 aliphatic heterocycles. The Balaban J connectivity index is 1.46. The van der Waals surface area contributed by atoms with Crippen molar-refractivity contribution in [1.82, 2.24) is 25.0 Å². The molecule has 0 bridgehead atoms. The van der Waals surface area contributed by atoms with Crippen LogP contribution >= 0.6 is 11.8 Å². The first kappa shape index (κ1) is 21.4. The second-order valence-corrected chi connectivity index (χ2v) is 9.87. The Morgan fingerprint density at radius 1 is 1.07 bits per heavy atom. The first-order valence-corrected chi connectivity index (χ1v) is 12.2. The minimum absolute atomic E-state index is 0.113. The zero-order valence-electron chi connectivity index (χ0n) is 17.9. The lowest BCUT2D eigenvalue weighted by Gasteiger charge is -2.24. The van der Waals surface area contributed by atoms with Crippen LogP contribution in [0.3, 0.4) is 0 Å². The van der Waals surface area contributed by atoms with Crippen molar-refractivity contribution < 1.29 is 4.79 Å². The molecule has 1 amide bonds. The van der Waals surface area contributed by atoms with Crippen LogP contribution in [0.4, 0.5) is 0 Å². The molecule has 1 aromatic heterocycles. The predicted octanol–water partition coefficient (Wildman–Crippen LogP) is 3.85. The molecule has 0 unspecified atom stereocenters. The van der Waals surface area contributed by atoms with Gasteiger partial charge in [-0.1, -0.05) is 61.4 Å². The van der Waals surface area contributed by atoms with Crippen molar-refractivity contribution in [3.8, 4) is 0 Å². The van der Waals surface area contributed by atoms with Crippen molar-refractivity contribution >= 4 is 17.7 Å². The monoisotopic (exact) mass is 427 g/mol. The van der Waals surface area contributed by atoms with Gasteiger partial charge in [-0.25, -0.2) is 0 Å². The van der Waals surface area contributed by atoms with E-state index >= 15 is 0 Å². The highest BCUT2D eigenvalue weighted by Gasteiger charge is 2.24. The van der Waals surface area contributed by atoms with Gasteiger partial charge in [0.15, 0.2) is 5.16 Å². The molecule has 162 valence electrons. The van der Waals surface area contributed by atoms with Gasteiger partial charge in [0, 0.05) is 6.04 Å². The molecule has 1 N–H and O–H groups in total. The Kier molecular flexibility index (Phi) is 7.44. The lowest BCUT2D eigenvalue weighted by Crippen LogP contribution is -2.40. The van der Waals surface area contributed by atoms with Crippen molar-refractivity contribution in [1.29, 1.82) is 0 Å². The molecule has 2 fully saturated rings. The molecular formula is C23H33N5OS. The molecule has 2 heterocycles. The molecule has 1 saturated heterocycles. The summed E-state index contributed by atoms with van der Waals surface area (Å²) in [5.41, 5.74) is 1.22. The van der Waals surface area contributed by atoms with Crippen LogP contribution in [0.1, 0.15) is 63.3 Å². The molecular weight excluding hydrogens is 394 g/mol. The van der Waals surface area contributed by atoms with Crippen molar-refractivity contribution in [3.05, 3.63) is 41.7 Å². The average molecular weight is 428 g/mol. The third-order valence-corrected chi connectivity index (χ3v) is 7.22. The van der Waals surface area contributed by atoms with Gasteiger partial charge in [0.25, 0.3) is 0 Å². The van der Waals surface area contributed by atoms with Crippen LogP contribution in [0.25, 0.3) is 0 Å². The molecule has 1 saturated carbocycles. The van der Waals surface area contributed by atoms with Gasteiger partial charge in [0.05, 0.1) is 18.3 Å². The third kappa shape index (κ3) is 5.64. The highest BCUT2D eigenvalue weighted by Crippen LogP contribution is 2.25. The van der Waals surface area contributed by atoms with Crippen molar-refractivity contribution in [2.45, 2.75) is 81.4 Å². The highest BCUT2D eigenvalue weighted by atomic mass is 32.2. The standard InChI is InChI=1S/C23H33N5OS/c1-18(22(29)24-20-12-6-3-7-13-20)30-23-26-25-21(17-27-14-8-9-15-27)28(23)16-19-10-4-2-5-11-19/h2,4-5,10-11,18,20H,3,6-9,12-17H2,1H3,(H,24,29)/t18-/m0/s1. The third-order valence-electron chi connectivity index (χ3n) is 6.14. The molecule has 2 aliphatic rings. The Bertz CT molecular complexity index is 812. The SMILES string of the molecule is C[C@H](Sc1nnc(CN2CCCC2)n1Cc1ccccc1)C(=O)NC1CCCCC1. The largest absolute Gasteiger partial charge is 0.352 e. The second kappa shape index (κ2) is 10.4. The summed E-state index contributed by atoms with van der Waals surface area (Å²) in [5.74, 6) is 1.10. The molecule has 6 nitrogen and oxygen atoms in total. The van der Waals surface area contributed by atoms with Gasteiger partial charge in [0.1, 0.15) is 5.82 Å². The summed E-state index contributed by atoms with van der Waals surface area (Å²) in [6, 6.07) is 10.8. The number of amides is 1. The van der Waals surface area contributed by atoms with Crippen LogP contribution in [0, 0.1) is 0 Å². The van der Waals surface area contributed by atoms with Crippen molar-refractivity contribution in [2.24, 2.45) is 0 Å². The maximum Gasteiger partial charge on any atom is 0.233 e. The van der Waals surface area contributed by atoms with E-state index in [2.05, 4.69) is 49.2 Å². The number of aromatic nitrogens is 3. The number of thioether (sulfide) groups is 1. The molecule has 2 aromatic rings. The van der Waals surface area contributed by atoms with Gasteiger partial charge < -0.3 is 9.88 Å². The maximum absolute atomic E-state index is 12.8. The fourth-order valence-corrected chi connectivity index (χ4v) is 5.24. The lowest BCUT2D eigenvalue weighted by molar-refractivity contribution is -0.121. The van der Waals surface area contributed by atoms with E-state index in [1.54, 1.807) is 0 Å². The minimum Gasteiger partial charge on any atom is -0.352 e. The average Bonchev–Trinajstić information content (AvgIpc) is 3.41. The summed E-state index contributed by atoms with van der Waals surface area (Å²) in [6.45, 7) is 5.78. The highest BCUT2D eigenvalue weighted by molar-refractivity contribution is 8.00. The second-order valence-electron chi connectivity index (χ2n) is 8.56. The smallest absolute Gasteiger partial charge is 0.233 e. The van der Waals surface area contributed by atoms with E-state index in [1.165, 1.54) is 49.4 Å². The van der Waals surface area contributed by atoms with Crippen molar-refractivity contribution in [2.75, 3.05) is 13.1 Å². The Hall–Kier alpha value is -1.86. The Morgan fingerprint density at radius 2 is 1.80 bits per heavy atom. The number of carbonyl (C=O) groups excluding carboxylic acids is 1. The van der Waals surface area contributed by atoms with E-state index in [0.29, 0.717) is 6.04 Å². The molecule has 0 spiro atoms. The molecule has 0 radical (unpaired) electrons. The Morgan fingerprint density at radius 3 is 2.53 bits per heavy atom. The normalized spacial score (nSPS) is 19.1. The van der Waals surface area contributed by atoms with E-state index in [1.807, 2.05) is 13.0 Å².